The number of nitrogens with zero attached hydrogens (tertiary/aromatic N) is 1. The summed E-state index contributed by atoms with van der Waals surface area (Å²) in [6.07, 6.45) is -0.765. The fraction of sp³-hybridized carbons (Fsp3) is 0.125. The van der Waals surface area contributed by atoms with Crippen LogP contribution in [0.1, 0.15) is 12.0 Å². The number of hydrogen-bond donors (Lipinski definition) is 1. The summed E-state index contributed by atoms with van der Waals surface area (Å²) in [6.45, 7) is 0. The molecule has 1 heterocycles. The van der Waals surface area contributed by atoms with Gasteiger partial charge in [-0.05, 0) is 17.7 Å². The van der Waals surface area contributed by atoms with Crippen molar-refractivity contribution in [3.63, 3.8) is 0 Å². The van der Waals surface area contributed by atoms with Crippen LogP contribution in [0.4, 0.5) is 18.9 Å². The first-order valence-electron chi connectivity index (χ1n) is 6.78. The van der Waals surface area contributed by atoms with Gasteiger partial charge in [0.1, 0.15) is 0 Å². The largest absolute Gasteiger partial charge is 0.382 e. The zero-order valence-corrected chi connectivity index (χ0v) is 11.7. The molecule has 7 heteroatoms. The molecule has 1 N–H and O–H groups in total. The molecule has 2 aromatic carbocycles. The Bertz CT molecular complexity index is 778. The first-order valence-corrected chi connectivity index (χ1v) is 6.78. The molecule has 118 valence electrons. The van der Waals surface area contributed by atoms with E-state index in [1.54, 1.807) is 0 Å². The monoisotopic (exact) mass is 320 g/mol. The predicted molar refractivity (Wildman–Crippen MR) is 77.4 cm³/mol. The van der Waals surface area contributed by atoms with Crippen LogP contribution in [-0.4, -0.2) is 17.7 Å². The number of anilines is 1. The third-order valence-corrected chi connectivity index (χ3v) is 3.36. The third-order valence-electron chi connectivity index (χ3n) is 3.36. The van der Waals surface area contributed by atoms with Crippen molar-refractivity contribution in [3.05, 3.63) is 65.5 Å². The number of halogens is 3. The van der Waals surface area contributed by atoms with Crippen LogP contribution >= 0.6 is 0 Å². The van der Waals surface area contributed by atoms with Crippen LogP contribution in [0.5, 0.6) is 0 Å². The lowest BCUT2D eigenvalue weighted by molar-refractivity contribution is -0.125. The minimum Gasteiger partial charge on any atom is -0.382 e. The molecule has 1 aliphatic rings. The fourth-order valence-electron chi connectivity index (χ4n) is 2.15. The standard InChI is InChI=1S/C16H11F3N2O2/c17-10-6-7-11(15(19)14(10)18)20-16(22)13-8-12(21-23-13)9-4-2-1-3-5-9/h1-7,13H,8H2,(H,20,22). The maximum Gasteiger partial charge on any atom is 0.268 e. The van der Waals surface area contributed by atoms with Gasteiger partial charge < -0.3 is 10.2 Å². The van der Waals surface area contributed by atoms with Gasteiger partial charge in [-0.3, -0.25) is 4.79 Å². The van der Waals surface area contributed by atoms with Crippen molar-refractivity contribution in [2.75, 3.05) is 5.32 Å². The van der Waals surface area contributed by atoms with E-state index in [2.05, 4.69) is 10.5 Å². The van der Waals surface area contributed by atoms with Gasteiger partial charge in [-0.15, -0.1) is 0 Å². The summed E-state index contributed by atoms with van der Waals surface area (Å²) >= 11 is 0. The molecule has 0 fully saturated rings. The summed E-state index contributed by atoms with van der Waals surface area (Å²) in [5.41, 5.74) is 0.934. The van der Waals surface area contributed by atoms with Gasteiger partial charge in [-0.1, -0.05) is 35.5 Å². The average molecular weight is 320 g/mol. The van der Waals surface area contributed by atoms with E-state index >= 15 is 0 Å². The molecule has 0 saturated heterocycles. The van der Waals surface area contributed by atoms with E-state index in [1.165, 1.54) is 0 Å². The van der Waals surface area contributed by atoms with E-state index < -0.39 is 35.2 Å². The lowest BCUT2D eigenvalue weighted by Gasteiger charge is -2.10. The molecule has 23 heavy (non-hydrogen) atoms. The smallest absolute Gasteiger partial charge is 0.268 e. The molecule has 1 unspecified atom stereocenters. The van der Waals surface area contributed by atoms with Crippen molar-refractivity contribution >= 4 is 17.3 Å². The normalized spacial score (nSPS) is 16.7. The predicted octanol–water partition coefficient (Wildman–Crippen LogP) is 3.24. The SMILES string of the molecule is O=C(Nc1ccc(F)c(F)c1F)C1CC(c2ccccc2)=NO1. The molecule has 0 bridgehead atoms. The Morgan fingerprint density at radius 1 is 1.09 bits per heavy atom. The lowest BCUT2D eigenvalue weighted by Crippen LogP contribution is -2.28. The van der Waals surface area contributed by atoms with Crippen LogP contribution in [0.15, 0.2) is 47.6 Å². The number of benzene rings is 2. The summed E-state index contributed by atoms with van der Waals surface area (Å²) < 4.78 is 39.6. The highest BCUT2D eigenvalue weighted by molar-refractivity contribution is 6.06. The molecule has 0 saturated carbocycles. The molecule has 2 aromatic rings. The Morgan fingerprint density at radius 2 is 1.83 bits per heavy atom. The van der Waals surface area contributed by atoms with Crippen LogP contribution in [0.3, 0.4) is 0 Å². The van der Waals surface area contributed by atoms with E-state index in [9.17, 15) is 18.0 Å². The number of hydrogen-bond acceptors (Lipinski definition) is 3. The van der Waals surface area contributed by atoms with Crippen molar-refractivity contribution in [2.45, 2.75) is 12.5 Å². The molecular formula is C16H11F3N2O2. The van der Waals surface area contributed by atoms with Crippen molar-refractivity contribution in [1.82, 2.24) is 0 Å². The molecule has 1 atom stereocenters. The molecule has 0 aliphatic carbocycles. The number of rotatable bonds is 3. The van der Waals surface area contributed by atoms with Gasteiger partial charge in [-0.2, -0.15) is 0 Å². The fourth-order valence-corrected chi connectivity index (χ4v) is 2.15. The first kappa shape index (κ1) is 15.1. The lowest BCUT2D eigenvalue weighted by atomic mass is 10.0. The molecule has 0 aromatic heterocycles. The van der Waals surface area contributed by atoms with Gasteiger partial charge in [0, 0.05) is 6.42 Å². The van der Waals surface area contributed by atoms with Crippen molar-refractivity contribution in [2.24, 2.45) is 5.16 Å². The topological polar surface area (TPSA) is 50.7 Å². The van der Waals surface area contributed by atoms with Crippen LogP contribution in [0.2, 0.25) is 0 Å². The van der Waals surface area contributed by atoms with Crippen molar-refractivity contribution < 1.29 is 22.8 Å². The molecule has 0 radical (unpaired) electrons. The number of oxime groups is 1. The van der Waals surface area contributed by atoms with Crippen LogP contribution in [0, 0.1) is 17.5 Å². The highest BCUT2D eigenvalue weighted by Gasteiger charge is 2.29. The Labute approximate surface area is 129 Å². The minimum atomic E-state index is -1.64. The third kappa shape index (κ3) is 3.03. The molecule has 4 nitrogen and oxygen atoms in total. The minimum absolute atomic E-state index is 0.196. The Kier molecular flexibility index (Phi) is 4.01. The maximum absolute atomic E-state index is 13.6. The second kappa shape index (κ2) is 6.12. The van der Waals surface area contributed by atoms with Crippen LogP contribution < -0.4 is 5.32 Å². The van der Waals surface area contributed by atoms with Gasteiger partial charge in [0.2, 0.25) is 6.10 Å². The van der Waals surface area contributed by atoms with Gasteiger partial charge >= 0.3 is 0 Å². The van der Waals surface area contributed by atoms with Gasteiger partial charge in [0.15, 0.2) is 17.5 Å². The zero-order valence-electron chi connectivity index (χ0n) is 11.7. The van der Waals surface area contributed by atoms with Crippen molar-refractivity contribution in [3.8, 4) is 0 Å². The van der Waals surface area contributed by atoms with Gasteiger partial charge in [0.05, 0.1) is 11.4 Å². The van der Waals surface area contributed by atoms with Crippen LogP contribution in [-0.2, 0) is 9.63 Å². The highest BCUT2D eigenvalue weighted by atomic mass is 19.2. The number of nitrogens with one attached hydrogen (secondary N) is 1. The summed E-state index contributed by atoms with van der Waals surface area (Å²) in [5.74, 6) is -5.12. The van der Waals surface area contributed by atoms with E-state index in [0.717, 1.165) is 17.7 Å². The van der Waals surface area contributed by atoms with Crippen LogP contribution in [0.25, 0.3) is 0 Å². The Morgan fingerprint density at radius 3 is 2.57 bits per heavy atom. The summed E-state index contributed by atoms with van der Waals surface area (Å²) in [5, 5.41) is 6.01. The first-order chi connectivity index (χ1) is 11.1. The van der Waals surface area contributed by atoms with Gasteiger partial charge in [0.25, 0.3) is 5.91 Å². The Balaban J connectivity index is 1.68. The molecular weight excluding hydrogens is 309 g/mol. The molecule has 0 spiro atoms. The van der Waals surface area contributed by atoms with E-state index in [-0.39, 0.29) is 6.42 Å². The number of carbonyl (C=O) groups excluding carboxylic acids is 1. The second-order valence-corrected chi connectivity index (χ2v) is 4.91. The van der Waals surface area contributed by atoms with Gasteiger partial charge in [-0.25, -0.2) is 13.2 Å². The van der Waals surface area contributed by atoms with Crippen molar-refractivity contribution in [1.29, 1.82) is 0 Å². The maximum atomic E-state index is 13.6. The zero-order chi connectivity index (χ0) is 16.4. The molecule has 1 amide bonds. The highest BCUT2D eigenvalue weighted by Crippen LogP contribution is 2.22. The van der Waals surface area contributed by atoms with E-state index in [4.69, 9.17) is 4.84 Å². The second-order valence-electron chi connectivity index (χ2n) is 4.91. The Hall–Kier alpha value is -2.83. The average Bonchev–Trinajstić information content (AvgIpc) is 3.06. The molecule has 3 rings (SSSR count). The number of amides is 1. The number of carbonyl (C=O) groups is 1. The van der Waals surface area contributed by atoms with E-state index in [1.807, 2.05) is 30.3 Å². The van der Waals surface area contributed by atoms with E-state index in [0.29, 0.717) is 5.71 Å². The quantitative estimate of drug-likeness (QED) is 0.883. The summed E-state index contributed by atoms with van der Waals surface area (Å²) in [6, 6.07) is 10.8. The summed E-state index contributed by atoms with van der Waals surface area (Å²) in [4.78, 5) is 17.1. The summed E-state index contributed by atoms with van der Waals surface area (Å²) in [7, 11) is 0. The molecule has 1 aliphatic heterocycles.